The first-order chi connectivity index (χ1) is 8.90. The molecule has 1 heterocycles. The molecule has 0 saturated carbocycles. The molecule has 0 aliphatic carbocycles. The van der Waals surface area contributed by atoms with Gasteiger partial charge in [0.2, 0.25) is 0 Å². The summed E-state index contributed by atoms with van der Waals surface area (Å²) in [5.74, 6) is 0.495. The lowest BCUT2D eigenvalue weighted by molar-refractivity contribution is 0.0697. The molecule has 0 spiro atoms. The maximum Gasteiger partial charge on any atom is 0.335 e. The molecule has 3 atom stereocenters. The smallest absolute Gasteiger partial charge is 0.335 e. The number of rotatable bonds is 2. The number of hydrogen-bond donors (Lipinski definition) is 1. The third-order valence-corrected chi connectivity index (χ3v) is 4.35. The summed E-state index contributed by atoms with van der Waals surface area (Å²) < 4.78 is 0. The Balaban J connectivity index is 2.32. The summed E-state index contributed by atoms with van der Waals surface area (Å²) in [7, 11) is 0. The molecule has 1 aliphatic rings. The Morgan fingerprint density at radius 3 is 2.58 bits per heavy atom. The van der Waals surface area contributed by atoms with E-state index in [2.05, 4.69) is 25.7 Å². The van der Waals surface area contributed by atoms with Gasteiger partial charge >= 0.3 is 5.97 Å². The molecule has 0 radical (unpaired) electrons. The number of anilines is 1. The molecule has 0 amide bonds. The van der Waals surface area contributed by atoms with E-state index in [1.807, 2.05) is 13.0 Å². The number of hydrogen-bond acceptors (Lipinski definition) is 2. The topological polar surface area (TPSA) is 40.5 Å². The Morgan fingerprint density at radius 2 is 2.00 bits per heavy atom. The van der Waals surface area contributed by atoms with Crippen LogP contribution in [0, 0.1) is 18.8 Å². The van der Waals surface area contributed by atoms with Crippen molar-refractivity contribution in [2.24, 2.45) is 11.8 Å². The van der Waals surface area contributed by atoms with Crippen molar-refractivity contribution in [3.63, 3.8) is 0 Å². The fourth-order valence-electron chi connectivity index (χ4n) is 3.14. The average Bonchev–Trinajstić information content (AvgIpc) is 2.33. The van der Waals surface area contributed by atoms with Gasteiger partial charge in [-0.2, -0.15) is 0 Å². The number of benzene rings is 1. The minimum Gasteiger partial charge on any atom is -0.478 e. The molecule has 2 rings (SSSR count). The predicted octanol–water partition coefficient (Wildman–Crippen LogP) is 3.56. The van der Waals surface area contributed by atoms with Crippen molar-refractivity contribution < 1.29 is 9.90 Å². The van der Waals surface area contributed by atoms with Crippen molar-refractivity contribution in [2.75, 3.05) is 11.4 Å². The van der Waals surface area contributed by atoms with Crippen molar-refractivity contribution in [3.8, 4) is 0 Å². The fraction of sp³-hybridized carbons (Fsp3) is 0.562. The molecule has 1 saturated heterocycles. The van der Waals surface area contributed by atoms with Gasteiger partial charge in [0.1, 0.15) is 0 Å². The third-order valence-electron chi connectivity index (χ3n) is 4.35. The minimum absolute atomic E-state index is 0.368. The van der Waals surface area contributed by atoms with Gasteiger partial charge < -0.3 is 10.0 Å². The van der Waals surface area contributed by atoms with Crippen LogP contribution in [0.25, 0.3) is 0 Å². The Kier molecular flexibility index (Phi) is 3.83. The van der Waals surface area contributed by atoms with Gasteiger partial charge in [-0.15, -0.1) is 0 Å². The van der Waals surface area contributed by atoms with Crippen LogP contribution in [0.2, 0.25) is 0 Å². The third kappa shape index (κ3) is 2.75. The van der Waals surface area contributed by atoms with Crippen LogP contribution in [0.3, 0.4) is 0 Å². The highest BCUT2D eigenvalue weighted by Gasteiger charge is 2.29. The SMILES string of the molecule is Cc1cc(C(=O)O)ccc1N1CC(C)CC(C)C1C. The van der Waals surface area contributed by atoms with Gasteiger partial charge in [-0.25, -0.2) is 4.79 Å². The zero-order valence-corrected chi connectivity index (χ0v) is 12.2. The molecule has 0 aromatic heterocycles. The van der Waals surface area contributed by atoms with Crippen LogP contribution in [0.15, 0.2) is 18.2 Å². The lowest BCUT2D eigenvalue weighted by Gasteiger charge is -2.43. The number of aryl methyl sites for hydroxylation is 1. The minimum atomic E-state index is -0.858. The lowest BCUT2D eigenvalue weighted by Crippen LogP contribution is -2.46. The molecule has 104 valence electrons. The molecule has 1 aliphatic heterocycles. The Hall–Kier alpha value is -1.51. The van der Waals surface area contributed by atoms with Gasteiger partial charge in [0.05, 0.1) is 5.56 Å². The van der Waals surface area contributed by atoms with Gasteiger partial charge in [-0.1, -0.05) is 13.8 Å². The molecule has 0 bridgehead atoms. The van der Waals surface area contributed by atoms with Gasteiger partial charge in [0, 0.05) is 18.3 Å². The molecule has 1 aromatic carbocycles. The monoisotopic (exact) mass is 261 g/mol. The Bertz CT molecular complexity index is 484. The zero-order valence-electron chi connectivity index (χ0n) is 12.2. The van der Waals surface area contributed by atoms with Crippen LogP contribution in [0.1, 0.15) is 43.1 Å². The molecule has 1 fully saturated rings. The van der Waals surface area contributed by atoms with Crippen LogP contribution >= 0.6 is 0 Å². The summed E-state index contributed by atoms with van der Waals surface area (Å²) >= 11 is 0. The second-order valence-corrected chi connectivity index (χ2v) is 6.02. The first kappa shape index (κ1) is 13.9. The molecule has 19 heavy (non-hydrogen) atoms. The second kappa shape index (κ2) is 5.24. The summed E-state index contributed by atoms with van der Waals surface area (Å²) in [6.45, 7) is 9.91. The fourth-order valence-corrected chi connectivity index (χ4v) is 3.14. The Morgan fingerprint density at radius 1 is 1.32 bits per heavy atom. The largest absolute Gasteiger partial charge is 0.478 e. The average molecular weight is 261 g/mol. The van der Waals surface area contributed by atoms with E-state index in [4.69, 9.17) is 5.11 Å². The molecule has 1 N–H and O–H groups in total. The van der Waals surface area contributed by atoms with E-state index in [0.29, 0.717) is 23.4 Å². The number of aromatic carboxylic acids is 1. The first-order valence-electron chi connectivity index (χ1n) is 7.00. The van der Waals surface area contributed by atoms with Crippen LogP contribution < -0.4 is 4.90 Å². The van der Waals surface area contributed by atoms with E-state index in [1.165, 1.54) is 12.1 Å². The maximum absolute atomic E-state index is 11.0. The van der Waals surface area contributed by atoms with Gasteiger partial charge in [0.25, 0.3) is 0 Å². The van der Waals surface area contributed by atoms with E-state index in [1.54, 1.807) is 12.1 Å². The van der Waals surface area contributed by atoms with Crippen molar-refractivity contribution in [1.29, 1.82) is 0 Å². The summed E-state index contributed by atoms with van der Waals surface area (Å²) in [5, 5.41) is 9.03. The Labute approximate surface area is 115 Å². The number of nitrogens with zero attached hydrogens (tertiary/aromatic N) is 1. The van der Waals surface area contributed by atoms with Crippen molar-refractivity contribution in [3.05, 3.63) is 29.3 Å². The predicted molar refractivity (Wildman–Crippen MR) is 77.9 cm³/mol. The van der Waals surface area contributed by atoms with Crippen LogP contribution in [-0.4, -0.2) is 23.7 Å². The summed E-state index contributed by atoms with van der Waals surface area (Å²) in [4.78, 5) is 13.4. The number of piperidine rings is 1. The highest BCUT2D eigenvalue weighted by atomic mass is 16.4. The van der Waals surface area contributed by atoms with Crippen molar-refractivity contribution in [2.45, 2.75) is 40.2 Å². The quantitative estimate of drug-likeness (QED) is 0.885. The van der Waals surface area contributed by atoms with Gasteiger partial charge in [-0.05, 0) is 55.9 Å². The summed E-state index contributed by atoms with van der Waals surface area (Å²) in [6.07, 6.45) is 1.27. The number of carboxylic acid groups (broad SMARTS) is 1. The van der Waals surface area contributed by atoms with Crippen LogP contribution in [-0.2, 0) is 0 Å². The van der Waals surface area contributed by atoms with E-state index >= 15 is 0 Å². The first-order valence-corrected chi connectivity index (χ1v) is 7.00. The van der Waals surface area contributed by atoms with E-state index < -0.39 is 5.97 Å². The van der Waals surface area contributed by atoms with E-state index in [0.717, 1.165) is 12.1 Å². The normalized spacial score (nSPS) is 27.4. The number of carboxylic acids is 1. The highest BCUT2D eigenvalue weighted by Crippen LogP contribution is 2.33. The molecule has 3 unspecified atom stereocenters. The molecular formula is C16H23NO2. The standard InChI is InChI=1S/C16H23NO2/c1-10-7-11(2)13(4)17(9-10)15-6-5-14(16(18)19)8-12(15)3/h5-6,8,10-11,13H,7,9H2,1-4H3,(H,18,19). The van der Waals surface area contributed by atoms with Crippen LogP contribution in [0.5, 0.6) is 0 Å². The highest BCUT2D eigenvalue weighted by molar-refractivity contribution is 5.88. The molecule has 3 heteroatoms. The maximum atomic E-state index is 11.0. The van der Waals surface area contributed by atoms with Crippen molar-refractivity contribution >= 4 is 11.7 Å². The molecule has 1 aromatic rings. The second-order valence-electron chi connectivity index (χ2n) is 6.02. The summed E-state index contributed by atoms with van der Waals surface area (Å²) in [6, 6.07) is 5.95. The van der Waals surface area contributed by atoms with E-state index in [-0.39, 0.29) is 0 Å². The van der Waals surface area contributed by atoms with E-state index in [9.17, 15) is 4.79 Å². The van der Waals surface area contributed by atoms with Crippen molar-refractivity contribution in [1.82, 2.24) is 0 Å². The molecular weight excluding hydrogens is 238 g/mol. The van der Waals surface area contributed by atoms with Gasteiger partial charge in [-0.3, -0.25) is 0 Å². The zero-order chi connectivity index (χ0) is 14.2. The number of carbonyl (C=O) groups is 1. The molecule has 3 nitrogen and oxygen atoms in total. The lowest BCUT2D eigenvalue weighted by atomic mass is 9.85. The summed E-state index contributed by atoms with van der Waals surface area (Å²) in [5.41, 5.74) is 2.59. The van der Waals surface area contributed by atoms with Crippen LogP contribution in [0.4, 0.5) is 5.69 Å². The van der Waals surface area contributed by atoms with Gasteiger partial charge in [0.15, 0.2) is 0 Å².